The quantitative estimate of drug-likeness (QED) is 0.668. The first-order valence-corrected chi connectivity index (χ1v) is 9.99. The SMILES string of the molecule is CC(C)CCOc1cccc(C(=O)Nc2ccccc2OCC2CCCO2)c1. The molecule has 1 saturated heterocycles. The number of carbonyl (C=O) groups is 1. The van der Waals surface area contributed by atoms with Gasteiger partial charge in [0.2, 0.25) is 0 Å². The first kappa shape index (κ1) is 20.2. The molecule has 1 heterocycles. The summed E-state index contributed by atoms with van der Waals surface area (Å²) in [6.07, 6.45) is 3.19. The Kier molecular flexibility index (Phi) is 7.31. The highest BCUT2D eigenvalue weighted by Gasteiger charge is 2.17. The van der Waals surface area contributed by atoms with E-state index >= 15 is 0 Å². The van der Waals surface area contributed by atoms with E-state index in [2.05, 4.69) is 19.2 Å². The van der Waals surface area contributed by atoms with Crippen LogP contribution in [0, 0.1) is 5.92 Å². The summed E-state index contributed by atoms with van der Waals surface area (Å²) in [5.41, 5.74) is 1.20. The van der Waals surface area contributed by atoms with Gasteiger partial charge in [0.15, 0.2) is 0 Å². The fraction of sp³-hybridized carbons (Fsp3) is 0.435. The molecular formula is C23H29NO4. The van der Waals surface area contributed by atoms with E-state index in [1.807, 2.05) is 36.4 Å². The van der Waals surface area contributed by atoms with E-state index in [0.717, 1.165) is 25.9 Å². The van der Waals surface area contributed by atoms with E-state index < -0.39 is 0 Å². The van der Waals surface area contributed by atoms with Crippen LogP contribution in [-0.2, 0) is 4.74 Å². The number of amides is 1. The van der Waals surface area contributed by atoms with Gasteiger partial charge in [-0.15, -0.1) is 0 Å². The van der Waals surface area contributed by atoms with Crippen LogP contribution in [0.4, 0.5) is 5.69 Å². The molecule has 5 nitrogen and oxygen atoms in total. The highest BCUT2D eigenvalue weighted by atomic mass is 16.5. The zero-order valence-electron chi connectivity index (χ0n) is 16.6. The maximum atomic E-state index is 12.7. The van der Waals surface area contributed by atoms with Crippen LogP contribution >= 0.6 is 0 Å². The van der Waals surface area contributed by atoms with Crippen molar-refractivity contribution in [1.82, 2.24) is 0 Å². The van der Waals surface area contributed by atoms with Crippen LogP contribution in [0.25, 0.3) is 0 Å². The smallest absolute Gasteiger partial charge is 0.255 e. The lowest BCUT2D eigenvalue weighted by Crippen LogP contribution is -2.18. The van der Waals surface area contributed by atoms with Crippen LogP contribution in [-0.4, -0.2) is 31.8 Å². The molecule has 1 unspecified atom stereocenters. The lowest BCUT2D eigenvalue weighted by molar-refractivity contribution is 0.0682. The highest BCUT2D eigenvalue weighted by Crippen LogP contribution is 2.26. The summed E-state index contributed by atoms with van der Waals surface area (Å²) in [7, 11) is 0. The molecule has 1 aliphatic rings. The van der Waals surface area contributed by atoms with Crippen molar-refractivity contribution < 1.29 is 19.0 Å². The molecule has 1 amide bonds. The van der Waals surface area contributed by atoms with Crippen molar-refractivity contribution in [2.24, 2.45) is 5.92 Å². The minimum atomic E-state index is -0.192. The Morgan fingerprint density at radius 1 is 1.18 bits per heavy atom. The second kappa shape index (κ2) is 10.1. The van der Waals surface area contributed by atoms with Gasteiger partial charge in [-0.1, -0.05) is 32.0 Å². The number of hydrogen-bond donors (Lipinski definition) is 1. The van der Waals surface area contributed by atoms with Crippen LogP contribution in [0.1, 0.15) is 43.5 Å². The van der Waals surface area contributed by atoms with Gasteiger partial charge in [-0.05, 0) is 55.5 Å². The summed E-state index contributed by atoms with van der Waals surface area (Å²) in [6, 6.07) is 14.7. The zero-order chi connectivity index (χ0) is 19.8. The lowest BCUT2D eigenvalue weighted by Gasteiger charge is -2.15. The van der Waals surface area contributed by atoms with Crippen molar-refractivity contribution >= 4 is 11.6 Å². The molecule has 0 aromatic heterocycles. The first-order valence-electron chi connectivity index (χ1n) is 9.99. The predicted molar refractivity (Wildman–Crippen MR) is 110 cm³/mol. The second-order valence-electron chi connectivity index (χ2n) is 7.46. The van der Waals surface area contributed by atoms with Crippen molar-refractivity contribution in [2.75, 3.05) is 25.1 Å². The molecule has 2 aromatic rings. The fourth-order valence-electron chi connectivity index (χ4n) is 2.99. The summed E-state index contributed by atoms with van der Waals surface area (Å²) >= 11 is 0. The van der Waals surface area contributed by atoms with Crippen molar-refractivity contribution in [2.45, 2.75) is 39.2 Å². The van der Waals surface area contributed by atoms with Crippen LogP contribution in [0.3, 0.4) is 0 Å². The second-order valence-corrected chi connectivity index (χ2v) is 7.46. The van der Waals surface area contributed by atoms with E-state index in [-0.39, 0.29) is 12.0 Å². The summed E-state index contributed by atoms with van der Waals surface area (Å²) < 4.78 is 17.2. The topological polar surface area (TPSA) is 56.8 Å². The number of ether oxygens (including phenoxy) is 3. The van der Waals surface area contributed by atoms with E-state index in [1.54, 1.807) is 12.1 Å². The Balaban J connectivity index is 1.61. The number of nitrogens with one attached hydrogen (secondary N) is 1. The molecule has 1 atom stereocenters. The fourth-order valence-corrected chi connectivity index (χ4v) is 2.99. The number of benzene rings is 2. The predicted octanol–water partition coefficient (Wildman–Crippen LogP) is 4.92. The minimum absolute atomic E-state index is 0.128. The number of carbonyl (C=O) groups excluding carboxylic acids is 1. The standard InChI is InChI=1S/C23H29NO4/c1-17(2)12-14-27-19-8-5-7-18(15-19)23(25)24-21-10-3-4-11-22(21)28-16-20-9-6-13-26-20/h3-5,7-8,10-11,15,17,20H,6,9,12-14,16H2,1-2H3,(H,24,25). The largest absolute Gasteiger partial charge is 0.494 e. The zero-order valence-corrected chi connectivity index (χ0v) is 16.6. The average molecular weight is 383 g/mol. The van der Waals surface area contributed by atoms with Crippen molar-refractivity contribution in [1.29, 1.82) is 0 Å². The minimum Gasteiger partial charge on any atom is -0.494 e. The molecular weight excluding hydrogens is 354 g/mol. The number of para-hydroxylation sites is 2. The van der Waals surface area contributed by atoms with Gasteiger partial charge < -0.3 is 19.5 Å². The Hall–Kier alpha value is -2.53. The Labute approximate surface area is 167 Å². The maximum Gasteiger partial charge on any atom is 0.255 e. The Morgan fingerprint density at radius 3 is 2.82 bits per heavy atom. The monoisotopic (exact) mass is 383 g/mol. The molecule has 0 radical (unpaired) electrons. The van der Waals surface area contributed by atoms with Crippen LogP contribution in [0.15, 0.2) is 48.5 Å². The molecule has 1 fully saturated rings. The van der Waals surface area contributed by atoms with E-state index in [1.165, 1.54) is 0 Å². The molecule has 0 bridgehead atoms. The molecule has 0 spiro atoms. The van der Waals surface area contributed by atoms with Crippen molar-refractivity contribution in [3.63, 3.8) is 0 Å². The molecule has 2 aromatic carbocycles. The first-order chi connectivity index (χ1) is 13.6. The molecule has 5 heteroatoms. The Morgan fingerprint density at radius 2 is 2.04 bits per heavy atom. The average Bonchev–Trinajstić information content (AvgIpc) is 3.21. The molecule has 0 saturated carbocycles. The molecule has 1 N–H and O–H groups in total. The highest BCUT2D eigenvalue weighted by molar-refractivity contribution is 6.05. The van der Waals surface area contributed by atoms with Crippen LogP contribution < -0.4 is 14.8 Å². The molecule has 0 aliphatic carbocycles. The lowest BCUT2D eigenvalue weighted by atomic mass is 10.1. The van der Waals surface area contributed by atoms with E-state index in [0.29, 0.717) is 41.9 Å². The number of anilines is 1. The van der Waals surface area contributed by atoms with Gasteiger partial charge in [-0.25, -0.2) is 0 Å². The summed E-state index contributed by atoms with van der Waals surface area (Å²) in [4.78, 5) is 12.7. The number of hydrogen-bond acceptors (Lipinski definition) is 4. The Bertz CT molecular complexity index is 769. The van der Waals surface area contributed by atoms with Crippen molar-refractivity contribution in [3.8, 4) is 11.5 Å². The summed E-state index contributed by atoms with van der Waals surface area (Å²) in [6.45, 7) is 6.24. The van der Waals surface area contributed by atoms with Crippen LogP contribution in [0.2, 0.25) is 0 Å². The van der Waals surface area contributed by atoms with Crippen LogP contribution in [0.5, 0.6) is 11.5 Å². The third kappa shape index (κ3) is 5.99. The van der Waals surface area contributed by atoms with Gasteiger partial charge in [-0.3, -0.25) is 4.79 Å². The van der Waals surface area contributed by atoms with Gasteiger partial charge in [0.05, 0.1) is 18.4 Å². The van der Waals surface area contributed by atoms with Crippen molar-refractivity contribution in [3.05, 3.63) is 54.1 Å². The van der Waals surface area contributed by atoms with E-state index in [9.17, 15) is 4.79 Å². The molecule has 3 rings (SSSR count). The third-order valence-corrected chi connectivity index (χ3v) is 4.64. The summed E-state index contributed by atoms with van der Waals surface area (Å²) in [5.74, 6) is 1.74. The summed E-state index contributed by atoms with van der Waals surface area (Å²) in [5, 5.41) is 2.94. The molecule has 28 heavy (non-hydrogen) atoms. The van der Waals surface area contributed by atoms with Gasteiger partial charge in [0.25, 0.3) is 5.91 Å². The maximum absolute atomic E-state index is 12.7. The van der Waals surface area contributed by atoms with Gasteiger partial charge >= 0.3 is 0 Å². The molecule has 150 valence electrons. The van der Waals surface area contributed by atoms with Gasteiger partial charge in [-0.2, -0.15) is 0 Å². The molecule has 1 aliphatic heterocycles. The van der Waals surface area contributed by atoms with Gasteiger partial charge in [0.1, 0.15) is 18.1 Å². The van der Waals surface area contributed by atoms with Gasteiger partial charge in [0, 0.05) is 12.2 Å². The van der Waals surface area contributed by atoms with E-state index in [4.69, 9.17) is 14.2 Å². The number of rotatable bonds is 9. The normalized spacial score (nSPS) is 16.2. The third-order valence-electron chi connectivity index (χ3n) is 4.64.